The Labute approximate surface area is 301 Å². The average molecular weight is 713 g/mol. The van der Waals surface area contributed by atoms with Crippen molar-refractivity contribution in [3.63, 3.8) is 0 Å². The molecule has 1 aromatic heterocycles. The molecule has 0 aromatic carbocycles. The molecule has 13 heteroatoms. The Bertz CT molecular complexity index is 1440. The second kappa shape index (κ2) is 24.0. The molecule has 0 spiro atoms. The number of carbonyl (C=O) groups excluding carboxylic acids is 1. The summed E-state index contributed by atoms with van der Waals surface area (Å²) in [5, 5.41) is 23.2. The lowest BCUT2D eigenvalue weighted by Crippen LogP contribution is -2.47. The molecular weight excluding hydrogens is 655 g/mol. The molecule has 282 valence electrons. The minimum Gasteiger partial charge on any atom is -0.465 e. The number of nitrogens with two attached hydrogens (primary N) is 1. The Kier molecular flexibility index (Phi) is 20.1. The zero-order valence-corrected chi connectivity index (χ0v) is 30.3. The molecule has 2 heterocycles. The van der Waals surface area contributed by atoms with Gasteiger partial charge in [0.2, 0.25) is 5.91 Å². The zero-order chi connectivity index (χ0) is 37.5. The van der Waals surface area contributed by atoms with Gasteiger partial charge >= 0.3 is 11.8 Å². The molecule has 1 aliphatic heterocycles. The number of likely N-dealkylation sites (N-methyl/N-ethyl adjacent to an activating group) is 1. The van der Waals surface area contributed by atoms with Gasteiger partial charge in [-0.1, -0.05) is 79.8 Å². The van der Waals surface area contributed by atoms with Crippen molar-refractivity contribution in [3.05, 3.63) is 95.7 Å². The Hall–Kier alpha value is -4.33. The van der Waals surface area contributed by atoms with Crippen molar-refractivity contribution in [1.29, 1.82) is 0 Å². The summed E-state index contributed by atoms with van der Waals surface area (Å²) < 4.78 is 22.0. The van der Waals surface area contributed by atoms with Gasteiger partial charge in [0.05, 0.1) is 6.54 Å². The number of hydrogen-bond donors (Lipinski definition) is 4. The number of alkyl halides is 1. The number of ether oxygens (including phenoxy) is 1. The van der Waals surface area contributed by atoms with Crippen LogP contribution in [0.3, 0.4) is 0 Å². The van der Waals surface area contributed by atoms with E-state index in [9.17, 15) is 24.6 Å². The van der Waals surface area contributed by atoms with Crippen LogP contribution in [0.5, 0.6) is 0 Å². The first-order valence-corrected chi connectivity index (χ1v) is 17.7. The number of rotatable bonds is 23. The number of nitrogens with one attached hydrogen (secondary N) is 1. The maximum atomic E-state index is 15.5. The van der Waals surface area contributed by atoms with Crippen LogP contribution in [0.4, 0.5) is 15.0 Å². The second-order valence-electron chi connectivity index (χ2n) is 12.5. The molecule has 0 radical (unpaired) electrons. The fraction of sp³-hybridized carbons (Fsp3) is 0.526. The highest BCUT2D eigenvalue weighted by atomic mass is 19.1. The summed E-state index contributed by atoms with van der Waals surface area (Å²) in [6, 6.07) is 1.30. The smallest absolute Gasteiger partial charge is 0.407 e. The number of carboxylic acid groups (broad SMARTS) is 1. The predicted octanol–water partition coefficient (Wildman–Crippen LogP) is 5.32. The fourth-order valence-electron chi connectivity index (χ4n) is 5.18. The van der Waals surface area contributed by atoms with E-state index in [2.05, 4.69) is 78.0 Å². The Morgan fingerprint density at radius 1 is 0.980 bits per heavy atom. The minimum absolute atomic E-state index is 0.0476. The van der Waals surface area contributed by atoms with Gasteiger partial charge in [-0.15, -0.1) is 0 Å². The van der Waals surface area contributed by atoms with Crippen molar-refractivity contribution in [2.75, 3.05) is 45.5 Å². The van der Waals surface area contributed by atoms with Gasteiger partial charge in [-0.2, -0.15) is 4.98 Å². The van der Waals surface area contributed by atoms with Crippen LogP contribution in [-0.2, 0) is 9.53 Å². The van der Waals surface area contributed by atoms with Crippen molar-refractivity contribution < 1.29 is 28.9 Å². The van der Waals surface area contributed by atoms with E-state index in [1.807, 2.05) is 17.1 Å². The molecule has 1 aliphatic rings. The lowest BCUT2D eigenvalue weighted by Gasteiger charge is -2.27. The SMILES string of the molecule is CC/C=C\C/C=C\C/C=C\C/C=C\C/C=C\C/C=C\CCC(=O)NCCN(C)CCN(C[C@H]1O[C@@H](n2ccc(N)nc2=O)[C@](C)(F)[C@@H]1O)C(=O)O. The Morgan fingerprint density at radius 2 is 1.53 bits per heavy atom. The second-order valence-corrected chi connectivity index (χ2v) is 12.5. The van der Waals surface area contributed by atoms with Crippen molar-refractivity contribution in [1.82, 2.24) is 24.7 Å². The molecule has 51 heavy (non-hydrogen) atoms. The van der Waals surface area contributed by atoms with E-state index in [4.69, 9.17) is 10.5 Å². The van der Waals surface area contributed by atoms with E-state index < -0.39 is 35.9 Å². The third-order valence-corrected chi connectivity index (χ3v) is 8.19. The molecule has 5 N–H and O–H groups in total. The number of anilines is 1. The number of amides is 2. The summed E-state index contributed by atoms with van der Waals surface area (Å²) in [5.41, 5.74) is 2.26. The van der Waals surface area contributed by atoms with Crippen LogP contribution in [0.25, 0.3) is 0 Å². The number of hydrogen-bond acceptors (Lipinski definition) is 8. The van der Waals surface area contributed by atoms with Gasteiger partial charge in [-0.25, -0.2) is 14.0 Å². The van der Waals surface area contributed by atoms with E-state index in [1.165, 1.54) is 12.3 Å². The van der Waals surface area contributed by atoms with Crippen molar-refractivity contribution in [3.8, 4) is 0 Å². The van der Waals surface area contributed by atoms with E-state index in [0.29, 0.717) is 32.5 Å². The maximum absolute atomic E-state index is 15.5. The first-order chi connectivity index (χ1) is 24.5. The van der Waals surface area contributed by atoms with Gasteiger partial charge in [-0.3, -0.25) is 9.36 Å². The highest BCUT2D eigenvalue weighted by molar-refractivity contribution is 5.75. The van der Waals surface area contributed by atoms with Crippen LogP contribution < -0.4 is 16.7 Å². The lowest BCUT2D eigenvalue weighted by atomic mass is 9.98. The fourth-order valence-corrected chi connectivity index (χ4v) is 5.18. The molecule has 0 saturated carbocycles. The molecule has 1 saturated heterocycles. The number of aliphatic hydroxyl groups excluding tert-OH is 1. The molecule has 1 aromatic rings. The number of allylic oxidation sites excluding steroid dienone is 12. The van der Waals surface area contributed by atoms with Crippen LogP contribution in [0.2, 0.25) is 0 Å². The molecule has 0 bridgehead atoms. The first-order valence-electron chi connectivity index (χ1n) is 17.7. The molecule has 1 fully saturated rings. The summed E-state index contributed by atoms with van der Waals surface area (Å²) in [6.07, 6.45) is 27.9. The number of carbonyl (C=O) groups is 2. The van der Waals surface area contributed by atoms with Crippen LogP contribution >= 0.6 is 0 Å². The maximum Gasteiger partial charge on any atom is 0.407 e. The summed E-state index contributed by atoms with van der Waals surface area (Å²) in [4.78, 5) is 42.9. The van der Waals surface area contributed by atoms with Gasteiger partial charge in [0.1, 0.15) is 18.0 Å². The van der Waals surface area contributed by atoms with E-state index in [-0.39, 0.29) is 24.8 Å². The summed E-state index contributed by atoms with van der Waals surface area (Å²) in [5.74, 6) is -0.115. The molecule has 0 aliphatic carbocycles. The summed E-state index contributed by atoms with van der Waals surface area (Å²) in [6.45, 7) is 4.15. The minimum atomic E-state index is -2.39. The standard InChI is InChI=1S/C38H57FN6O6/c1-4-5-6-7-8-9-10-11-12-13-14-15-16-17-18-19-20-21-22-23-33(46)41-25-27-43(3)28-29-44(37(49)50)30-31-34(47)38(2,39)35(51-31)45-26-24-32(40)42-36(45)48/h5-6,8-9,11-12,14-15,17-18,20-21,24,26,31,34-35,47H,4,7,10,13,16,19,22-23,25,27-30H2,1-3H3,(H,41,46)(H,49,50)(H2,40,42,48)/b6-5-,9-8-,12-11-,15-14-,18-17-,21-20-/t31-,34-,35-,38-/m1/s1. The lowest BCUT2D eigenvalue weighted by molar-refractivity contribution is -0.121. The third kappa shape index (κ3) is 16.5. The predicted molar refractivity (Wildman–Crippen MR) is 200 cm³/mol. The van der Waals surface area contributed by atoms with Gasteiger partial charge in [0.15, 0.2) is 11.9 Å². The van der Waals surface area contributed by atoms with Gasteiger partial charge in [-0.05, 0) is 65.0 Å². The highest BCUT2D eigenvalue weighted by Gasteiger charge is 2.55. The molecule has 2 amide bonds. The van der Waals surface area contributed by atoms with Crippen molar-refractivity contribution in [2.45, 2.75) is 89.3 Å². The largest absolute Gasteiger partial charge is 0.465 e. The van der Waals surface area contributed by atoms with Crippen molar-refractivity contribution in [2.24, 2.45) is 0 Å². The van der Waals surface area contributed by atoms with E-state index in [0.717, 1.165) is 54.9 Å². The van der Waals surface area contributed by atoms with Crippen molar-refractivity contribution >= 4 is 17.8 Å². The Morgan fingerprint density at radius 3 is 2.06 bits per heavy atom. The van der Waals surface area contributed by atoms with Gasteiger partial charge in [0, 0.05) is 38.8 Å². The van der Waals surface area contributed by atoms with Crippen LogP contribution in [0, 0.1) is 0 Å². The van der Waals surface area contributed by atoms with Crippen LogP contribution in [0.1, 0.15) is 71.4 Å². The summed E-state index contributed by atoms with van der Waals surface area (Å²) in [7, 11) is 1.79. The monoisotopic (exact) mass is 712 g/mol. The third-order valence-electron chi connectivity index (χ3n) is 8.19. The number of halogens is 1. The van der Waals surface area contributed by atoms with E-state index >= 15 is 4.39 Å². The quantitative estimate of drug-likeness (QED) is 0.110. The Balaban J connectivity index is 1.59. The molecule has 12 nitrogen and oxygen atoms in total. The van der Waals surface area contributed by atoms with E-state index in [1.54, 1.807) is 7.05 Å². The number of aliphatic hydroxyl groups is 1. The molecule has 0 unspecified atom stereocenters. The normalized spacial score (nSPS) is 21.2. The number of nitrogen functional groups attached to an aromatic ring is 1. The number of aromatic nitrogens is 2. The topological polar surface area (TPSA) is 163 Å². The summed E-state index contributed by atoms with van der Waals surface area (Å²) >= 11 is 0. The average Bonchev–Trinajstić information content (AvgIpc) is 3.30. The van der Waals surface area contributed by atoms with Gasteiger partial charge < -0.3 is 35.8 Å². The molecule has 4 atom stereocenters. The van der Waals surface area contributed by atoms with Gasteiger partial charge in [0.25, 0.3) is 0 Å². The highest BCUT2D eigenvalue weighted by Crippen LogP contribution is 2.40. The zero-order valence-electron chi connectivity index (χ0n) is 30.3. The number of nitrogens with zero attached hydrogens (tertiary/aromatic N) is 4. The van der Waals surface area contributed by atoms with Crippen LogP contribution in [-0.4, -0.2) is 99.2 Å². The molecular formula is C38H57FN6O6. The van der Waals surface area contributed by atoms with Crippen LogP contribution in [0.15, 0.2) is 90.0 Å². The first kappa shape index (κ1) is 42.8. The molecule has 2 rings (SSSR count).